The number of aliphatic hydroxyl groups excluding tert-OH is 1. The van der Waals surface area contributed by atoms with Gasteiger partial charge in [-0.2, -0.15) is 0 Å². The van der Waals surface area contributed by atoms with Crippen LogP contribution < -0.4 is 0 Å². The molecule has 2 nitrogen and oxygen atoms in total. The number of rotatable bonds is 1. The number of hydrogen-bond donors (Lipinski definition) is 1. The lowest BCUT2D eigenvalue weighted by Gasteiger charge is -2.41. The van der Waals surface area contributed by atoms with E-state index in [1.54, 1.807) is 0 Å². The molecular weight excluding hydrogens is 212 g/mol. The molecule has 0 amide bonds. The van der Waals surface area contributed by atoms with E-state index in [0.717, 1.165) is 12.3 Å². The SMILES string of the molecule is C[C@H]1CC[C@@H]2C[C@]3(OC2(C)C)[C@@H](CO)CC[C@H]13. The Morgan fingerprint density at radius 3 is 2.65 bits per heavy atom. The van der Waals surface area contributed by atoms with Crippen molar-refractivity contribution in [2.75, 3.05) is 6.61 Å². The molecule has 2 bridgehead atoms. The minimum atomic E-state index is 0.0127. The van der Waals surface area contributed by atoms with E-state index in [1.807, 2.05) is 0 Å². The highest BCUT2D eigenvalue weighted by Gasteiger charge is 2.62. The summed E-state index contributed by atoms with van der Waals surface area (Å²) in [6.07, 6.45) is 6.27. The minimum absolute atomic E-state index is 0.0127. The molecule has 1 heterocycles. The standard InChI is InChI=1S/C15H26O2/c1-10-4-5-11-8-15(17-14(11,2)3)12(9-16)6-7-13(10)15/h10-13,16H,4-9H2,1-3H3/t10-,11+,12+,13+,15-/m0/s1. The summed E-state index contributed by atoms with van der Waals surface area (Å²) in [7, 11) is 0. The van der Waals surface area contributed by atoms with E-state index < -0.39 is 0 Å². The second kappa shape index (κ2) is 3.71. The Hall–Kier alpha value is -0.0800. The molecule has 2 aliphatic carbocycles. The Morgan fingerprint density at radius 1 is 1.18 bits per heavy atom. The molecule has 1 N–H and O–H groups in total. The first-order valence-electron chi connectivity index (χ1n) is 7.30. The molecule has 0 aromatic carbocycles. The highest BCUT2D eigenvalue weighted by atomic mass is 16.5. The fourth-order valence-corrected chi connectivity index (χ4v) is 5.02. The van der Waals surface area contributed by atoms with E-state index in [2.05, 4.69) is 20.8 Å². The normalized spacial score (nSPS) is 52.2. The number of aliphatic hydroxyl groups is 1. The molecule has 3 aliphatic rings. The first kappa shape index (κ1) is 12.0. The molecule has 0 aromatic heterocycles. The van der Waals surface area contributed by atoms with Gasteiger partial charge >= 0.3 is 0 Å². The van der Waals surface area contributed by atoms with Crippen LogP contribution in [0.1, 0.15) is 52.9 Å². The van der Waals surface area contributed by atoms with Crippen LogP contribution in [0.5, 0.6) is 0 Å². The van der Waals surface area contributed by atoms with Crippen LogP contribution in [0.4, 0.5) is 0 Å². The summed E-state index contributed by atoms with van der Waals surface area (Å²) in [5, 5.41) is 9.69. The number of hydrogen-bond acceptors (Lipinski definition) is 2. The van der Waals surface area contributed by atoms with Crippen LogP contribution in [-0.2, 0) is 4.74 Å². The van der Waals surface area contributed by atoms with Crippen molar-refractivity contribution in [2.45, 2.75) is 64.1 Å². The molecule has 1 saturated heterocycles. The van der Waals surface area contributed by atoms with Gasteiger partial charge in [-0.15, -0.1) is 0 Å². The molecule has 2 saturated carbocycles. The molecule has 98 valence electrons. The quantitative estimate of drug-likeness (QED) is 0.761. The lowest BCUT2D eigenvalue weighted by Crippen LogP contribution is -2.45. The van der Waals surface area contributed by atoms with Crippen molar-refractivity contribution >= 4 is 0 Å². The third-order valence-corrected chi connectivity index (χ3v) is 6.02. The van der Waals surface area contributed by atoms with Crippen molar-refractivity contribution < 1.29 is 9.84 Å². The maximum absolute atomic E-state index is 9.69. The summed E-state index contributed by atoms with van der Waals surface area (Å²) in [4.78, 5) is 0. The Kier molecular flexibility index (Phi) is 2.61. The Balaban J connectivity index is 2.00. The van der Waals surface area contributed by atoms with Gasteiger partial charge in [-0.3, -0.25) is 0 Å². The van der Waals surface area contributed by atoms with Crippen LogP contribution in [0.3, 0.4) is 0 Å². The third kappa shape index (κ3) is 1.53. The van der Waals surface area contributed by atoms with E-state index in [0.29, 0.717) is 24.4 Å². The van der Waals surface area contributed by atoms with Gasteiger partial charge in [0.05, 0.1) is 11.2 Å². The molecule has 17 heavy (non-hydrogen) atoms. The largest absolute Gasteiger partial charge is 0.396 e. The number of ether oxygens (including phenoxy) is 1. The Labute approximate surface area is 105 Å². The van der Waals surface area contributed by atoms with Gasteiger partial charge < -0.3 is 9.84 Å². The van der Waals surface area contributed by atoms with Crippen LogP contribution in [-0.4, -0.2) is 22.9 Å². The summed E-state index contributed by atoms with van der Waals surface area (Å²) in [6.45, 7) is 7.22. The average Bonchev–Trinajstić information content (AvgIpc) is 2.68. The van der Waals surface area contributed by atoms with Crippen molar-refractivity contribution in [3.8, 4) is 0 Å². The fraction of sp³-hybridized carbons (Fsp3) is 1.00. The first-order valence-corrected chi connectivity index (χ1v) is 7.30. The van der Waals surface area contributed by atoms with Gasteiger partial charge in [0.15, 0.2) is 0 Å². The monoisotopic (exact) mass is 238 g/mol. The Morgan fingerprint density at radius 2 is 1.94 bits per heavy atom. The summed E-state index contributed by atoms with van der Waals surface area (Å²) in [5.74, 6) is 2.54. The van der Waals surface area contributed by atoms with Gasteiger partial charge in [-0.1, -0.05) is 6.92 Å². The van der Waals surface area contributed by atoms with Gasteiger partial charge in [-0.25, -0.2) is 0 Å². The maximum atomic E-state index is 9.69. The van der Waals surface area contributed by atoms with Crippen molar-refractivity contribution in [1.29, 1.82) is 0 Å². The first-order chi connectivity index (χ1) is 7.99. The van der Waals surface area contributed by atoms with Crippen LogP contribution in [0, 0.1) is 23.7 Å². The predicted octanol–water partition coefficient (Wildman–Crippen LogP) is 2.99. The van der Waals surface area contributed by atoms with Crippen molar-refractivity contribution in [3.05, 3.63) is 0 Å². The summed E-state index contributed by atoms with van der Waals surface area (Å²) in [6, 6.07) is 0. The molecule has 0 aromatic rings. The van der Waals surface area contributed by atoms with Crippen molar-refractivity contribution in [1.82, 2.24) is 0 Å². The summed E-state index contributed by atoms with van der Waals surface area (Å²) in [5.41, 5.74) is 0.0367. The van der Waals surface area contributed by atoms with Crippen LogP contribution in [0.25, 0.3) is 0 Å². The van der Waals surface area contributed by atoms with E-state index in [1.165, 1.54) is 25.7 Å². The molecule has 5 atom stereocenters. The second-order valence-electron chi connectivity index (χ2n) is 7.18. The molecule has 1 spiro atoms. The lowest BCUT2D eigenvalue weighted by molar-refractivity contribution is -0.153. The maximum Gasteiger partial charge on any atom is 0.0774 e. The van der Waals surface area contributed by atoms with Gasteiger partial charge in [0.1, 0.15) is 0 Å². The van der Waals surface area contributed by atoms with Crippen LogP contribution in [0.2, 0.25) is 0 Å². The summed E-state index contributed by atoms with van der Waals surface area (Å²) >= 11 is 0. The van der Waals surface area contributed by atoms with Gasteiger partial charge in [0, 0.05) is 12.5 Å². The lowest BCUT2D eigenvalue weighted by atomic mass is 9.76. The van der Waals surface area contributed by atoms with Gasteiger partial charge in [0.25, 0.3) is 0 Å². The zero-order chi connectivity index (χ0) is 12.3. The van der Waals surface area contributed by atoms with Crippen LogP contribution >= 0.6 is 0 Å². The summed E-state index contributed by atoms with van der Waals surface area (Å²) < 4.78 is 6.58. The highest BCUT2D eigenvalue weighted by molar-refractivity contribution is 5.11. The van der Waals surface area contributed by atoms with Crippen LogP contribution in [0.15, 0.2) is 0 Å². The zero-order valence-electron chi connectivity index (χ0n) is 11.4. The average molecular weight is 238 g/mol. The molecule has 0 radical (unpaired) electrons. The van der Waals surface area contributed by atoms with E-state index in [-0.39, 0.29) is 11.2 Å². The molecule has 2 heteroatoms. The molecule has 0 unspecified atom stereocenters. The van der Waals surface area contributed by atoms with Gasteiger partial charge in [-0.05, 0) is 63.7 Å². The van der Waals surface area contributed by atoms with E-state index in [9.17, 15) is 5.11 Å². The van der Waals surface area contributed by atoms with E-state index >= 15 is 0 Å². The van der Waals surface area contributed by atoms with Crippen molar-refractivity contribution in [3.63, 3.8) is 0 Å². The fourth-order valence-electron chi connectivity index (χ4n) is 5.02. The minimum Gasteiger partial charge on any atom is -0.396 e. The molecule has 3 fully saturated rings. The Bertz CT molecular complexity index is 312. The number of fused-ring (bicyclic) bond motifs is 1. The van der Waals surface area contributed by atoms with Gasteiger partial charge in [0.2, 0.25) is 0 Å². The van der Waals surface area contributed by atoms with Crippen molar-refractivity contribution in [2.24, 2.45) is 23.7 Å². The predicted molar refractivity (Wildman–Crippen MR) is 67.7 cm³/mol. The van der Waals surface area contributed by atoms with E-state index in [4.69, 9.17) is 4.74 Å². The topological polar surface area (TPSA) is 29.5 Å². The molecule has 1 aliphatic heterocycles. The molecule has 3 rings (SSSR count). The second-order valence-corrected chi connectivity index (χ2v) is 7.18. The zero-order valence-corrected chi connectivity index (χ0v) is 11.4. The smallest absolute Gasteiger partial charge is 0.0774 e. The third-order valence-electron chi connectivity index (χ3n) is 6.02. The molecular formula is C15H26O2. The highest BCUT2D eigenvalue weighted by Crippen LogP contribution is 2.61.